The first kappa shape index (κ1) is 13.4. The third kappa shape index (κ3) is 2.17. The second kappa shape index (κ2) is 5.15. The summed E-state index contributed by atoms with van der Waals surface area (Å²) in [4.78, 5) is 0. The van der Waals surface area contributed by atoms with Crippen LogP contribution < -0.4 is 9.47 Å². The minimum absolute atomic E-state index is 0.239. The zero-order valence-corrected chi connectivity index (χ0v) is 12.8. The van der Waals surface area contributed by atoms with Gasteiger partial charge in [0.25, 0.3) is 0 Å². The van der Waals surface area contributed by atoms with Crippen LogP contribution >= 0.6 is 23.8 Å². The fraction of sp³-hybridized carbons (Fsp3) is 0.0667. The predicted octanol–water partition coefficient (Wildman–Crippen LogP) is 3.98. The lowest BCUT2D eigenvalue weighted by Gasteiger charge is -2.07. The van der Waals surface area contributed by atoms with Crippen molar-refractivity contribution in [3.63, 3.8) is 0 Å². The van der Waals surface area contributed by atoms with Crippen LogP contribution in [-0.2, 0) is 0 Å². The molecule has 4 rings (SSSR count). The van der Waals surface area contributed by atoms with Gasteiger partial charge in [-0.15, -0.1) is 0 Å². The smallest absolute Gasteiger partial charge is 0.231 e. The van der Waals surface area contributed by atoms with Crippen molar-refractivity contribution in [2.45, 2.75) is 0 Å². The zero-order valence-electron chi connectivity index (χ0n) is 11.2. The Kier molecular flexibility index (Phi) is 3.13. The summed E-state index contributed by atoms with van der Waals surface area (Å²) in [5.74, 6) is 2.13. The van der Waals surface area contributed by atoms with Crippen LogP contribution in [0.1, 0.15) is 0 Å². The molecule has 0 spiro atoms. The second-order valence-corrected chi connectivity index (χ2v) is 5.56. The number of aromatic nitrogens is 3. The molecule has 1 aliphatic heterocycles. The molecule has 0 bridgehead atoms. The molecule has 5 nitrogen and oxygen atoms in total. The molecular weight excluding hydrogens is 322 g/mol. The van der Waals surface area contributed by atoms with Gasteiger partial charge in [-0.25, -0.2) is 0 Å². The first-order valence-electron chi connectivity index (χ1n) is 6.56. The number of aromatic amines is 1. The molecule has 1 aliphatic rings. The Morgan fingerprint density at radius 2 is 1.86 bits per heavy atom. The number of ether oxygens (including phenoxy) is 2. The molecule has 0 unspecified atom stereocenters. The third-order valence-corrected chi connectivity index (χ3v) is 3.91. The molecule has 0 aliphatic carbocycles. The molecule has 0 amide bonds. The molecule has 0 atom stereocenters. The van der Waals surface area contributed by atoms with Crippen LogP contribution in [0.5, 0.6) is 11.5 Å². The molecule has 0 radical (unpaired) electrons. The van der Waals surface area contributed by atoms with Crippen molar-refractivity contribution in [1.29, 1.82) is 0 Å². The van der Waals surface area contributed by atoms with E-state index in [-0.39, 0.29) is 6.79 Å². The van der Waals surface area contributed by atoms with Crippen molar-refractivity contribution in [3.8, 4) is 28.6 Å². The SMILES string of the molecule is S=c1[nH]nc(-c2ccc3c(c2)OCO3)n1-c1ccc(Cl)cc1. The maximum Gasteiger partial charge on any atom is 0.231 e. The maximum atomic E-state index is 5.94. The average molecular weight is 332 g/mol. The van der Waals surface area contributed by atoms with E-state index < -0.39 is 0 Å². The highest BCUT2D eigenvalue weighted by Crippen LogP contribution is 2.35. The van der Waals surface area contributed by atoms with Gasteiger partial charge < -0.3 is 9.47 Å². The molecule has 1 N–H and O–H groups in total. The molecular formula is C15H10ClN3O2S. The highest BCUT2D eigenvalue weighted by molar-refractivity contribution is 7.71. The number of nitrogens with zero attached hydrogens (tertiary/aromatic N) is 2. The Bertz CT molecular complexity index is 902. The van der Waals surface area contributed by atoms with Crippen LogP contribution in [0.15, 0.2) is 42.5 Å². The Labute approximate surface area is 136 Å². The summed E-state index contributed by atoms with van der Waals surface area (Å²) in [5.41, 5.74) is 1.77. The van der Waals surface area contributed by atoms with Gasteiger partial charge in [0.05, 0.1) is 5.69 Å². The van der Waals surface area contributed by atoms with Gasteiger partial charge in [0.2, 0.25) is 6.79 Å². The fourth-order valence-corrected chi connectivity index (χ4v) is 2.72. The van der Waals surface area contributed by atoms with Crippen LogP contribution in [0, 0.1) is 4.77 Å². The van der Waals surface area contributed by atoms with Gasteiger partial charge in [0, 0.05) is 10.6 Å². The predicted molar refractivity (Wildman–Crippen MR) is 85.3 cm³/mol. The lowest BCUT2D eigenvalue weighted by atomic mass is 10.2. The zero-order chi connectivity index (χ0) is 15.1. The minimum atomic E-state index is 0.239. The number of hydrogen-bond donors (Lipinski definition) is 1. The van der Waals surface area contributed by atoms with Crippen LogP contribution in [0.25, 0.3) is 17.1 Å². The standard InChI is InChI=1S/C15H10ClN3O2S/c16-10-2-4-11(5-3-10)19-14(17-18-15(19)22)9-1-6-12-13(7-9)21-8-20-12/h1-7H,8H2,(H,18,22). The quantitative estimate of drug-likeness (QED) is 0.722. The van der Waals surface area contributed by atoms with Gasteiger partial charge in [-0.1, -0.05) is 11.6 Å². The van der Waals surface area contributed by atoms with Crippen LogP contribution in [0.2, 0.25) is 5.02 Å². The highest BCUT2D eigenvalue weighted by atomic mass is 35.5. The summed E-state index contributed by atoms with van der Waals surface area (Å²) in [6.45, 7) is 0.239. The summed E-state index contributed by atoms with van der Waals surface area (Å²) in [5, 5.41) is 7.82. The van der Waals surface area contributed by atoms with E-state index in [0.29, 0.717) is 21.4 Å². The van der Waals surface area contributed by atoms with Gasteiger partial charge >= 0.3 is 0 Å². The number of fused-ring (bicyclic) bond motifs is 1. The number of nitrogens with one attached hydrogen (secondary N) is 1. The van der Waals surface area contributed by atoms with Gasteiger partial charge in [-0.2, -0.15) is 5.10 Å². The van der Waals surface area contributed by atoms with Gasteiger partial charge in [0.1, 0.15) is 0 Å². The highest BCUT2D eigenvalue weighted by Gasteiger charge is 2.17. The van der Waals surface area contributed by atoms with Gasteiger partial charge in [-0.3, -0.25) is 9.67 Å². The molecule has 2 aromatic carbocycles. The number of benzene rings is 2. The largest absolute Gasteiger partial charge is 0.454 e. The van der Waals surface area contributed by atoms with E-state index in [1.807, 2.05) is 47.0 Å². The topological polar surface area (TPSA) is 52.1 Å². The van der Waals surface area contributed by atoms with E-state index in [0.717, 1.165) is 17.0 Å². The van der Waals surface area contributed by atoms with Crippen LogP contribution in [0.4, 0.5) is 0 Å². The normalized spacial score (nSPS) is 12.6. The van der Waals surface area contributed by atoms with E-state index in [2.05, 4.69) is 10.2 Å². The molecule has 22 heavy (non-hydrogen) atoms. The summed E-state index contributed by atoms with van der Waals surface area (Å²) in [6, 6.07) is 13.1. The number of halogens is 1. The molecule has 3 aromatic rings. The van der Waals surface area contributed by atoms with Gasteiger partial charge in [0.15, 0.2) is 22.1 Å². The Hall–Kier alpha value is -2.31. The number of H-pyrrole nitrogens is 1. The monoisotopic (exact) mass is 331 g/mol. The van der Waals surface area contributed by atoms with E-state index in [4.69, 9.17) is 33.3 Å². The van der Waals surface area contributed by atoms with Crippen molar-refractivity contribution < 1.29 is 9.47 Å². The van der Waals surface area contributed by atoms with Crippen molar-refractivity contribution in [2.75, 3.05) is 6.79 Å². The number of hydrogen-bond acceptors (Lipinski definition) is 4. The van der Waals surface area contributed by atoms with Crippen molar-refractivity contribution in [1.82, 2.24) is 14.8 Å². The first-order valence-corrected chi connectivity index (χ1v) is 7.34. The van der Waals surface area contributed by atoms with Crippen LogP contribution in [-0.4, -0.2) is 21.6 Å². The molecule has 0 fully saturated rings. The van der Waals surface area contributed by atoms with Crippen molar-refractivity contribution in [2.24, 2.45) is 0 Å². The molecule has 1 aromatic heterocycles. The van der Waals surface area contributed by atoms with Gasteiger partial charge in [-0.05, 0) is 54.7 Å². The summed E-state index contributed by atoms with van der Waals surface area (Å²) in [6.07, 6.45) is 0. The lowest BCUT2D eigenvalue weighted by Crippen LogP contribution is -1.97. The summed E-state index contributed by atoms with van der Waals surface area (Å²) < 4.78 is 13.1. The van der Waals surface area contributed by atoms with E-state index in [1.54, 1.807) is 0 Å². The summed E-state index contributed by atoms with van der Waals surface area (Å²) >= 11 is 11.3. The van der Waals surface area contributed by atoms with E-state index >= 15 is 0 Å². The Morgan fingerprint density at radius 1 is 1.09 bits per heavy atom. The molecule has 0 saturated heterocycles. The number of rotatable bonds is 2. The van der Waals surface area contributed by atoms with Crippen LogP contribution in [0.3, 0.4) is 0 Å². The van der Waals surface area contributed by atoms with Crippen molar-refractivity contribution >= 4 is 23.8 Å². The fourth-order valence-electron chi connectivity index (χ4n) is 2.36. The third-order valence-electron chi connectivity index (χ3n) is 3.39. The molecule has 2 heterocycles. The molecule has 0 saturated carbocycles. The minimum Gasteiger partial charge on any atom is -0.454 e. The maximum absolute atomic E-state index is 5.94. The lowest BCUT2D eigenvalue weighted by molar-refractivity contribution is 0.174. The summed E-state index contributed by atoms with van der Waals surface area (Å²) in [7, 11) is 0. The van der Waals surface area contributed by atoms with E-state index in [9.17, 15) is 0 Å². The molecule has 7 heteroatoms. The Balaban J connectivity index is 1.87. The average Bonchev–Trinajstić information content (AvgIpc) is 3.14. The van der Waals surface area contributed by atoms with E-state index in [1.165, 1.54) is 0 Å². The second-order valence-electron chi connectivity index (χ2n) is 4.73. The Morgan fingerprint density at radius 3 is 2.68 bits per heavy atom. The molecule has 110 valence electrons. The first-order chi connectivity index (χ1) is 10.7. The van der Waals surface area contributed by atoms with Crippen molar-refractivity contribution in [3.05, 3.63) is 52.3 Å².